The molecule has 0 saturated carbocycles. The summed E-state index contributed by atoms with van der Waals surface area (Å²) in [5.41, 5.74) is 0.968. The van der Waals surface area contributed by atoms with Crippen LogP contribution in [0.4, 0.5) is 0 Å². The monoisotopic (exact) mass is 335 g/mol. The van der Waals surface area contributed by atoms with Crippen molar-refractivity contribution >= 4 is 11.6 Å². The maximum absolute atomic E-state index is 6.17. The zero-order valence-corrected chi connectivity index (χ0v) is 14.1. The molecule has 0 spiro atoms. The molecular weight excluding hydrogens is 314 g/mol. The Labute approximate surface area is 141 Å². The predicted molar refractivity (Wildman–Crippen MR) is 91.3 cm³/mol. The third-order valence-electron chi connectivity index (χ3n) is 4.10. The number of benzene rings is 1. The van der Waals surface area contributed by atoms with Gasteiger partial charge in [0, 0.05) is 25.1 Å². The first-order valence-corrected chi connectivity index (χ1v) is 8.37. The maximum atomic E-state index is 6.17. The van der Waals surface area contributed by atoms with Crippen LogP contribution in [-0.2, 0) is 11.2 Å². The lowest BCUT2D eigenvalue weighted by Crippen LogP contribution is -2.36. The average Bonchev–Trinajstić information content (AvgIpc) is 3.05. The van der Waals surface area contributed by atoms with Crippen molar-refractivity contribution in [2.75, 3.05) is 40.0 Å². The lowest BCUT2D eigenvalue weighted by Gasteiger charge is -2.26. The van der Waals surface area contributed by atoms with Crippen LogP contribution in [0.25, 0.3) is 11.3 Å². The summed E-state index contributed by atoms with van der Waals surface area (Å²) < 4.78 is 16.5. The van der Waals surface area contributed by atoms with Crippen molar-refractivity contribution < 1.29 is 13.9 Å². The molecule has 0 bridgehead atoms. The van der Waals surface area contributed by atoms with E-state index >= 15 is 0 Å². The summed E-state index contributed by atoms with van der Waals surface area (Å²) in [5, 5.41) is 0.593. The van der Waals surface area contributed by atoms with Crippen LogP contribution in [-0.4, -0.2) is 44.9 Å². The molecule has 5 heteroatoms. The summed E-state index contributed by atoms with van der Waals surface area (Å²) in [6, 6.07) is 9.74. The number of hydrogen-bond donors (Lipinski definition) is 0. The van der Waals surface area contributed by atoms with Crippen LogP contribution in [0.2, 0.25) is 5.02 Å². The van der Waals surface area contributed by atoms with E-state index in [-0.39, 0.29) is 0 Å². The van der Waals surface area contributed by atoms with Gasteiger partial charge in [-0.2, -0.15) is 0 Å². The highest BCUT2D eigenvalue weighted by Gasteiger charge is 2.11. The normalized spacial score (nSPS) is 15.7. The summed E-state index contributed by atoms with van der Waals surface area (Å²) >= 11 is 6.17. The number of aryl methyl sites for hydroxylation is 1. The second kappa shape index (κ2) is 7.86. The number of nitrogens with zero attached hydrogens (tertiary/aromatic N) is 1. The second-order valence-corrected chi connectivity index (χ2v) is 6.08. The van der Waals surface area contributed by atoms with Gasteiger partial charge in [-0.3, -0.25) is 4.90 Å². The molecule has 1 aliphatic rings. The molecule has 1 fully saturated rings. The van der Waals surface area contributed by atoms with Crippen LogP contribution < -0.4 is 4.74 Å². The molecule has 0 atom stereocenters. The zero-order valence-electron chi connectivity index (χ0n) is 13.4. The van der Waals surface area contributed by atoms with Gasteiger partial charge in [0.1, 0.15) is 17.3 Å². The zero-order chi connectivity index (χ0) is 16.1. The highest BCUT2D eigenvalue weighted by Crippen LogP contribution is 2.31. The van der Waals surface area contributed by atoms with Gasteiger partial charge in [-0.25, -0.2) is 0 Å². The summed E-state index contributed by atoms with van der Waals surface area (Å²) in [7, 11) is 1.61. The van der Waals surface area contributed by atoms with Gasteiger partial charge in [0.25, 0.3) is 0 Å². The number of methoxy groups -OCH3 is 1. The smallest absolute Gasteiger partial charge is 0.137 e. The van der Waals surface area contributed by atoms with Crippen molar-refractivity contribution in [3.63, 3.8) is 0 Å². The Morgan fingerprint density at radius 1 is 1.17 bits per heavy atom. The Morgan fingerprint density at radius 3 is 2.74 bits per heavy atom. The minimum atomic E-state index is 0.593. The first kappa shape index (κ1) is 16.4. The van der Waals surface area contributed by atoms with Crippen molar-refractivity contribution in [1.29, 1.82) is 0 Å². The van der Waals surface area contributed by atoms with Crippen LogP contribution in [0.5, 0.6) is 5.75 Å². The van der Waals surface area contributed by atoms with E-state index in [0.717, 1.165) is 62.8 Å². The molecule has 3 rings (SSSR count). The summed E-state index contributed by atoms with van der Waals surface area (Å²) in [4.78, 5) is 2.44. The van der Waals surface area contributed by atoms with Crippen LogP contribution in [0, 0.1) is 0 Å². The Kier molecular flexibility index (Phi) is 5.60. The van der Waals surface area contributed by atoms with Gasteiger partial charge in [0.05, 0.1) is 25.3 Å². The first-order chi connectivity index (χ1) is 11.3. The third-order valence-corrected chi connectivity index (χ3v) is 4.39. The quantitative estimate of drug-likeness (QED) is 0.802. The number of halogens is 1. The lowest BCUT2D eigenvalue weighted by molar-refractivity contribution is 0.0373. The molecule has 0 aliphatic carbocycles. The Balaban J connectivity index is 1.56. The fraction of sp³-hybridized carbons (Fsp3) is 0.444. The van der Waals surface area contributed by atoms with Gasteiger partial charge in [0.15, 0.2) is 0 Å². The minimum Gasteiger partial charge on any atom is -0.495 e. The van der Waals surface area contributed by atoms with Gasteiger partial charge in [-0.05, 0) is 43.3 Å². The molecule has 0 amide bonds. The third kappa shape index (κ3) is 4.28. The van der Waals surface area contributed by atoms with Crippen molar-refractivity contribution in [2.45, 2.75) is 12.8 Å². The molecule has 2 heterocycles. The van der Waals surface area contributed by atoms with E-state index in [0.29, 0.717) is 10.8 Å². The summed E-state index contributed by atoms with van der Waals surface area (Å²) in [6.45, 7) is 4.86. The standard InChI is InChI=1S/C18H22ClNO3/c1-21-18-6-4-14(13-16(18)19)17-7-5-15(23-17)3-2-8-20-9-11-22-12-10-20/h4-7,13H,2-3,8-12H2,1H3. The van der Waals surface area contributed by atoms with Crippen LogP contribution in [0.1, 0.15) is 12.2 Å². The molecule has 1 aromatic heterocycles. The lowest BCUT2D eigenvalue weighted by atomic mass is 10.1. The van der Waals surface area contributed by atoms with Crippen LogP contribution in [0.3, 0.4) is 0 Å². The van der Waals surface area contributed by atoms with Gasteiger partial charge in [-0.15, -0.1) is 0 Å². The van der Waals surface area contributed by atoms with E-state index < -0.39 is 0 Å². The van der Waals surface area contributed by atoms with Gasteiger partial charge >= 0.3 is 0 Å². The SMILES string of the molecule is COc1ccc(-c2ccc(CCCN3CCOCC3)o2)cc1Cl. The first-order valence-electron chi connectivity index (χ1n) is 7.99. The highest BCUT2D eigenvalue weighted by molar-refractivity contribution is 6.32. The molecule has 23 heavy (non-hydrogen) atoms. The topological polar surface area (TPSA) is 34.8 Å². The van der Waals surface area contributed by atoms with Crippen molar-refractivity contribution in [3.05, 3.63) is 41.1 Å². The van der Waals surface area contributed by atoms with E-state index in [9.17, 15) is 0 Å². The second-order valence-electron chi connectivity index (χ2n) is 5.67. The van der Waals surface area contributed by atoms with E-state index in [2.05, 4.69) is 4.90 Å². The van der Waals surface area contributed by atoms with Gasteiger partial charge in [0.2, 0.25) is 0 Å². The molecule has 1 aliphatic heterocycles. The van der Waals surface area contributed by atoms with Crippen LogP contribution in [0.15, 0.2) is 34.7 Å². The largest absolute Gasteiger partial charge is 0.495 e. The van der Waals surface area contributed by atoms with E-state index in [4.69, 9.17) is 25.5 Å². The van der Waals surface area contributed by atoms with Crippen LogP contribution >= 0.6 is 11.6 Å². The van der Waals surface area contributed by atoms with Gasteiger partial charge < -0.3 is 13.9 Å². The number of rotatable bonds is 6. The molecule has 1 aromatic carbocycles. The molecule has 0 radical (unpaired) electrons. The summed E-state index contributed by atoms with van der Waals surface area (Å²) in [5.74, 6) is 2.53. The molecule has 4 nitrogen and oxygen atoms in total. The molecule has 1 saturated heterocycles. The molecule has 0 unspecified atom stereocenters. The molecular formula is C18H22ClNO3. The number of furan rings is 1. The fourth-order valence-corrected chi connectivity index (χ4v) is 3.05. The Hall–Kier alpha value is -1.49. The van der Waals surface area contributed by atoms with E-state index in [1.54, 1.807) is 7.11 Å². The number of morpholine rings is 1. The van der Waals surface area contributed by atoms with E-state index in [1.807, 2.05) is 30.3 Å². The van der Waals surface area contributed by atoms with E-state index in [1.165, 1.54) is 0 Å². The Bertz CT molecular complexity index is 635. The average molecular weight is 336 g/mol. The molecule has 0 N–H and O–H groups in total. The van der Waals surface area contributed by atoms with Crippen molar-refractivity contribution in [2.24, 2.45) is 0 Å². The highest BCUT2D eigenvalue weighted by atomic mass is 35.5. The van der Waals surface area contributed by atoms with Crippen molar-refractivity contribution in [1.82, 2.24) is 4.90 Å². The number of hydrogen-bond acceptors (Lipinski definition) is 4. The predicted octanol–water partition coefficient (Wildman–Crippen LogP) is 3.87. The van der Waals surface area contributed by atoms with Crippen molar-refractivity contribution in [3.8, 4) is 17.1 Å². The van der Waals surface area contributed by atoms with Gasteiger partial charge in [-0.1, -0.05) is 11.6 Å². The fourth-order valence-electron chi connectivity index (χ4n) is 2.79. The Morgan fingerprint density at radius 2 is 2.00 bits per heavy atom. The molecule has 2 aromatic rings. The summed E-state index contributed by atoms with van der Waals surface area (Å²) in [6.07, 6.45) is 2.04. The molecule has 124 valence electrons. The minimum absolute atomic E-state index is 0.593. The maximum Gasteiger partial charge on any atom is 0.137 e. The number of ether oxygens (including phenoxy) is 2.